The summed E-state index contributed by atoms with van der Waals surface area (Å²) >= 11 is 0. The van der Waals surface area contributed by atoms with Gasteiger partial charge in [-0.1, -0.05) is 12.1 Å². The molecule has 1 saturated heterocycles. The Bertz CT molecular complexity index is 529. The highest BCUT2D eigenvalue weighted by molar-refractivity contribution is 5.95. The van der Waals surface area contributed by atoms with Crippen molar-refractivity contribution >= 4 is 11.9 Å². The lowest BCUT2D eigenvalue weighted by Crippen LogP contribution is -2.47. The van der Waals surface area contributed by atoms with Crippen molar-refractivity contribution in [2.45, 2.75) is 32.4 Å². The van der Waals surface area contributed by atoms with Crippen LogP contribution < -0.4 is 0 Å². The summed E-state index contributed by atoms with van der Waals surface area (Å²) in [5, 5.41) is 9.15. The van der Waals surface area contributed by atoms with Gasteiger partial charge in [-0.05, 0) is 37.5 Å². The van der Waals surface area contributed by atoms with Crippen molar-refractivity contribution in [2.24, 2.45) is 5.92 Å². The molecule has 1 aliphatic rings. The van der Waals surface area contributed by atoms with Crippen molar-refractivity contribution < 1.29 is 19.4 Å². The van der Waals surface area contributed by atoms with Gasteiger partial charge < -0.3 is 14.7 Å². The van der Waals surface area contributed by atoms with E-state index < -0.39 is 11.9 Å². The fraction of sp³-hybridized carbons (Fsp3) is 0.500. The molecule has 1 aliphatic heterocycles. The van der Waals surface area contributed by atoms with Crippen LogP contribution in [0.25, 0.3) is 0 Å². The van der Waals surface area contributed by atoms with Gasteiger partial charge in [0.1, 0.15) is 0 Å². The molecule has 0 aromatic heterocycles. The number of carbonyl (C=O) groups excluding carboxylic acids is 1. The number of methoxy groups -OCH3 is 1. The zero-order valence-corrected chi connectivity index (χ0v) is 12.4. The van der Waals surface area contributed by atoms with Crippen molar-refractivity contribution in [3.8, 4) is 0 Å². The molecule has 0 bridgehead atoms. The van der Waals surface area contributed by atoms with E-state index in [1.165, 1.54) is 0 Å². The number of carboxylic acids is 1. The third-order valence-electron chi connectivity index (χ3n) is 3.98. The number of nitrogens with zero attached hydrogens (tertiary/aromatic N) is 1. The molecule has 0 radical (unpaired) electrons. The number of likely N-dealkylation sites (tertiary alicyclic amines) is 1. The Morgan fingerprint density at radius 1 is 1.38 bits per heavy atom. The van der Waals surface area contributed by atoms with Gasteiger partial charge in [0, 0.05) is 25.3 Å². The zero-order valence-electron chi connectivity index (χ0n) is 12.4. The van der Waals surface area contributed by atoms with Crippen LogP contribution >= 0.6 is 0 Å². The van der Waals surface area contributed by atoms with Crippen LogP contribution in [-0.4, -0.2) is 41.6 Å². The number of ether oxygens (including phenoxy) is 1. The average molecular weight is 291 g/mol. The van der Waals surface area contributed by atoms with Crippen LogP contribution in [0.3, 0.4) is 0 Å². The second kappa shape index (κ2) is 6.72. The van der Waals surface area contributed by atoms with Crippen LogP contribution in [0.4, 0.5) is 0 Å². The molecule has 1 heterocycles. The molecule has 1 amide bonds. The normalized spacial score (nSPS) is 22.1. The SMILES string of the molecule is COCc1cccc(C(=O)N2CC(C(=O)O)CCC2C)c1. The highest BCUT2D eigenvalue weighted by Crippen LogP contribution is 2.24. The first-order valence-electron chi connectivity index (χ1n) is 7.14. The minimum Gasteiger partial charge on any atom is -0.481 e. The smallest absolute Gasteiger partial charge is 0.308 e. The van der Waals surface area contributed by atoms with Gasteiger partial charge in [-0.15, -0.1) is 0 Å². The van der Waals surface area contributed by atoms with E-state index >= 15 is 0 Å². The van der Waals surface area contributed by atoms with E-state index in [2.05, 4.69) is 0 Å². The fourth-order valence-corrected chi connectivity index (χ4v) is 2.72. The van der Waals surface area contributed by atoms with Gasteiger partial charge in [0.15, 0.2) is 0 Å². The van der Waals surface area contributed by atoms with Crippen molar-refractivity contribution in [3.63, 3.8) is 0 Å². The molecule has 5 heteroatoms. The molecule has 1 aromatic carbocycles. The van der Waals surface area contributed by atoms with Gasteiger partial charge in [0.2, 0.25) is 0 Å². The second-order valence-corrected chi connectivity index (χ2v) is 5.55. The monoisotopic (exact) mass is 291 g/mol. The highest BCUT2D eigenvalue weighted by Gasteiger charge is 2.32. The van der Waals surface area contributed by atoms with E-state index in [1.807, 2.05) is 25.1 Å². The Balaban J connectivity index is 2.17. The summed E-state index contributed by atoms with van der Waals surface area (Å²) in [5.41, 5.74) is 1.52. The third-order valence-corrected chi connectivity index (χ3v) is 3.98. The van der Waals surface area contributed by atoms with E-state index in [0.717, 1.165) is 12.0 Å². The summed E-state index contributed by atoms with van der Waals surface area (Å²) in [6.07, 6.45) is 1.35. The molecular formula is C16H21NO4. The van der Waals surface area contributed by atoms with Crippen molar-refractivity contribution in [2.75, 3.05) is 13.7 Å². The van der Waals surface area contributed by atoms with Gasteiger partial charge in [0.05, 0.1) is 12.5 Å². The van der Waals surface area contributed by atoms with Gasteiger partial charge in [-0.2, -0.15) is 0 Å². The number of amides is 1. The summed E-state index contributed by atoms with van der Waals surface area (Å²) in [5.74, 6) is -1.40. The predicted molar refractivity (Wildman–Crippen MR) is 78.0 cm³/mol. The maximum Gasteiger partial charge on any atom is 0.308 e. The highest BCUT2D eigenvalue weighted by atomic mass is 16.5. The number of piperidine rings is 1. The summed E-state index contributed by atoms with van der Waals surface area (Å²) in [6.45, 7) is 2.70. The molecule has 2 atom stereocenters. The van der Waals surface area contributed by atoms with E-state index in [9.17, 15) is 9.59 Å². The maximum atomic E-state index is 12.6. The van der Waals surface area contributed by atoms with Crippen LogP contribution in [0.1, 0.15) is 35.7 Å². The van der Waals surface area contributed by atoms with Gasteiger partial charge >= 0.3 is 5.97 Å². The molecule has 0 saturated carbocycles. The number of rotatable bonds is 4. The van der Waals surface area contributed by atoms with Gasteiger partial charge in [-0.25, -0.2) is 0 Å². The largest absolute Gasteiger partial charge is 0.481 e. The molecular weight excluding hydrogens is 270 g/mol. The number of carboxylic acid groups (broad SMARTS) is 1. The quantitative estimate of drug-likeness (QED) is 0.923. The number of carbonyl (C=O) groups is 2. The van der Waals surface area contributed by atoms with Crippen LogP contribution in [0.2, 0.25) is 0 Å². The third kappa shape index (κ3) is 3.61. The Morgan fingerprint density at radius 3 is 2.81 bits per heavy atom. The Labute approximate surface area is 124 Å². The first-order chi connectivity index (χ1) is 10.0. The van der Waals surface area contributed by atoms with E-state index in [-0.39, 0.29) is 18.5 Å². The first kappa shape index (κ1) is 15.5. The zero-order chi connectivity index (χ0) is 15.4. The topological polar surface area (TPSA) is 66.8 Å². The fourth-order valence-electron chi connectivity index (χ4n) is 2.72. The van der Waals surface area contributed by atoms with Crippen molar-refractivity contribution in [1.82, 2.24) is 4.90 Å². The molecule has 0 aliphatic carbocycles. The lowest BCUT2D eigenvalue weighted by molar-refractivity contribution is -0.143. The molecule has 1 N–H and O–H groups in total. The number of hydrogen-bond donors (Lipinski definition) is 1. The van der Waals surface area contributed by atoms with E-state index in [1.54, 1.807) is 18.1 Å². The molecule has 2 unspecified atom stereocenters. The number of hydrogen-bond acceptors (Lipinski definition) is 3. The molecule has 114 valence electrons. The standard InChI is InChI=1S/C16H21NO4/c1-11-6-7-14(16(19)20)9-17(11)15(18)13-5-3-4-12(8-13)10-21-2/h3-5,8,11,14H,6-7,9-10H2,1-2H3,(H,19,20). The van der Waals surface area contributed by atoms with Crippen LogP contribution in [0, 0.1) is 5.92 Å². The minimum absolute atomic E-state index is 0.0687. The Kier molecular flexibility index (Phi) is 4.96. The molecule has 0 spiro atoms. The molecule has 2 rings (SSSR count). The van der Waals surface area contributed by atoms with Crippen molar-refractivity contribution in [1.29, 1.82) is 0 Å². The maximum absolute atomic E-state index is 12.6. The van der Waals surface area contributed by atoms with E-state index in [4.69, 9.17) is 9.84 Å². The van der Waals surface area contributed by atoms with Crippen molar-refractivity contribution in [3.05, 3.63) is 35.4 Å². The van der Waals surface area contributed by atoms with Gasteiger partial charge in [-0.3, -0.25) is 9.59 Å². The Morgan fingerprint density at radius 2 is 2.14 bits per heavy atom. The van der Waals surface area contributed by atoms with Crippen LogP contribution in [-0.2, 0) is 16.1 Å². The lowest BCUT2D eigenvalue weighted by Gasteiger charge is -2.36. The Hall–Kier alpha value is -1.88. The van der Waals surface area contributed by atoms with Crippen LogP contribution in [0.5, 0.6) is 0 Å². The second-order valence-electron chi connectivity index (χ2n) is 5.55. The summed E-state index contributed by atoms with van der Waals surface area (Å²) in [7, 11) is 1.61. The summed E-state index contributed by atoms with van der Waals surface area (Å²) in [6, 6.07) is 7.37. The number of benzene rings is 1. The minimum atomic E-state index is -0.826. The summed E-state index contributed by atoms with van der Waals surface area (Å²) in [4.78, 5) is 25.5. The predicted octanol–water partition coefficient (Wildman–Crippen LogP) is 2.16. The average Bonchev–Trinajstić information content (AvgIpc) is 2.47. The molecule has 1 aromatic rings. The molecule has 21 heavy (non-hydrogen) atoms. The molecule has 1 fully saturated rings. The summed E-state index contributed by atoms with van der Waals surface area (Å²) < 4.78 is 5.08. The number of aliphatic carboxylic acids is 1. The van der Waals surface area contributed by atoms with Crippen LogP contribution in [0.15, 0.2) is 24.3 Å². The molecule has 5 nitrogen and oxygen atoms in total. The van der Waals surface area contributed by atoms with Gasteiger partial charge in [0.25, 0.3) is 5.91 Å². The lowest BCUT2D eigenvalue weighted by atomic mass is 9.93. The first-order valence-corrected chi connectivity index (χ1v) is 7.14. The van der Waals surface area contributed by atoms with E-state index in [0.29, 0.717) is 18.6 Å².